The van der Waals surface area contributed by atoms with E-state index in [-0.39, 0.29) is 22.5 Å². The van der Waals surface area contributed by atoms with Crippen molar-refractivity contribution in [1.29, 1.82) is 0 Å². The van der Waals surface area contributed by atoms with Crippen molar-refractivity contribution in [3.05, 3.63) is 75.4 Å². The molecule has 0 aliphatic rings. The fourth-order valence-corrected chi connectivity index (χ4v) is 2.88. The standard InChI is InChI=1S/C19H10ClF3N2O4/c20-10-3-1-9(2-4-10)15-8-12(16(28-15)19(21,22)23)17(26)24-11-5-6-14-13(7-11)25-18(27)29-14/h1-8H,(H,24,26)(H,25,27). The van der Waals surface area contributed by atoms with Crippen LogP contribution in [0, 0.1) is 0 Å². The van der Waals surface area contributed by atoms with Crippen LogP contribution in [0.3, 0.4) is 0 Å². The number of fused-ring (bicyclic) bond motifs is 1. The van der Waals surface area contributed by atoms with Crippen LogP contribution in [-0.4, -0.2) is 10.9 Å². The largest absolute Gasteiger partial charge is 0.451 e. The zero-order chi connectivity index (χ0) is 20.8. The third kappa shape index (κ3) is 3.77. The van der Waals surface area contributed by atoms with Crippen molar-refractivity contribution < 1.29 is 26.8 Å². The summed E-state index contributed by atoms with van der Waals surface area (Å²) in [6.45, 7) is 0. The molecule has 10 heteroatoms. The van der Waals surface area contributed by atoms with Crippen LogP contribution >= 0.6 is 11.6 Å². The molecule has 1 amide bonds. The van der Waals surface area contributed by atoms with Gasteiger partial charge in [-0.25, -0.2) is 4.79 Å². The van der Waals surface area contributed by atoms with Crippen LogP contribution in [0.2, 0.25) is 5.02 Å². The lowest BCUT2D eigenvalue weighted by atomic mass is 10.1. The summed E-state index contributed by atoms with van der Waals surface area (Å²) >= 11 is 5.79. The van der Waals surface area contributed by atoms with Crippen molar-refractivity contribution in [1.82, 2.24) is 4.98 Å². The molecule has 148 valence electrons. The van der Waals surface area contributed by atoms with E-state index >= 15 is 0 Å². The number of rotatable bonds is 3. The van der Waals surface area contributed by atoms with Gasteiger partial charge < -0.3 is 14.2 Å². The SMILES string of the molecule is O=C(Nc1ccc2oc(=O)[nH]c2c1)c1cc(-c2ccc(Cl)cc2)oc1C(F)(F)F. The van der Waals surface area contributed by atoms with Gasteiger partial charge in [-0.15, -0.1) is 0 Å². The molecule has 0 aliphatic carbocycles. The molecule has 2 heterocycles. The Morgan fingerprint density at radius 1 is 1.03 bits per heavy atom. The minimum Gasteiger partial charge on any atom is -0.451 e. The van der Waals surface area contributed by atoms with Gasteiger partial charge in [-0.2, -0.15) is 13.2 Å². The van der Waals surface area contributed by atoms with E-state index in [1.165, 1.54) is 42.5 Å². The summed E-state index contributed by atoms with van der Waals surface area (Å²) in [6.07, 6.45) is -4.88. The number of furan rings is 1. The Balaban J connectivity index is 1.70. The summed E-state index contributed by atoms with van der Waals surface area (Å²) < 4.78 is 50.0. The number of hydrogen-bond donors (Lipinski definition) is 2. The van der Waals surface area contributed by atoms with Gasteiger partial charge in [0.25, 0.3) is 5.91 Å². The van der Waals surface area contributed by atoms with Gasteiger partial charge in [0.15, 0.2) is 5.58 Å². The zero-order valence-electron chi connectivity index (χ0n) is 14.3. The first kappa shape index (κ1) is 18.9. The average Bonchev–Trinajstić information content (AvgIpc) is 3.25. The molecule has 0 bridgehead atoms. The summed E-state index contributed by atoms with van der Waals surface area (Å²) in [7, 11) is 0. The van der Waals surface area contributed by atoms with E-state index in [1.54, 1.807) is 0 Å². The highest BCUT2D eigenvalue weighted by molar-refractivity contribution is 6.30. The van der Waals surface area contributed by atoms with Crippen LogP contribution in [0.4, 0.5) is 18.9 Å². The zero-order valence-corrected chi connectivity index (χ0v) is 15.0. The maximum absolute atomic E-state index is 13.4. The average molecular weight is 423 g/mol. The molecule has 2 aromatic carbocycles. The highest BCUT2D eigenvalue weighted by Gasteiger charge is 2.40. The number of nitrogens with one attached hydrogen (secondary N) is 2. The van der Waals surface area contributed by atoms with Crippen LogP contribution in [0.15, 0.2) is 62.2 Å². The number of hydrogen-bond acceptors (Lipinski definition) is 4. The van der Waals surface area contributed by atoms with Crippen LogP contribution < -0.4 is 11.1 Å². The Bertz CT molecular complexity index is 1270. The van der Waals surface area contributed by atoms with Gasteiger partial charge >= 0.3 is 11.9 Å². The number of H-pyrrole nitrogens is 1. The number of carbonyl (C=O) groups is 1. The van der Waals surface area contributed by atoms with Gasteiger partial charge in [0.05, 0.1) is 11.1 Å². The van der Waals surface area contributed by atoms with Gasteiger partial charge in [-0.3, -0.25) is 9.78 Å². The van der Waals surface area contributed by atoms with E-state index in [0.717, 1.165) is 6.07 Å². The summed E-state index contributed by atoms with van der Waals surface area (Å²) in [5.74, 6) is -3.26. The highest BCUT2D eigenvalue weighted by atomic mass is 35.5. The predicted octanol–water partition coefficient (Wildman–Crippen LogP) is 5.31. The summed E-state index contributed by atoms with van der Waals surface area (Å²) in [6, 6.07) is 11.1. The minimum atomic E-state index is -4.88. The van der Waals surface area contributed by atoms with Crippen molar-refractivity contribution in [2.45, 2.75) is 6.18 Å². The molecule has 0 saturated heterocycles. The van der Waals surface area contributed by atoms with E-state index < -0.39 is 29.2 Å². The first-order valence-corrected chi connectivity index (χ1v) is 8.50. The van der Waals surface area contributed by atoms with Gasteiger partial charge in [0, 0.05) is 16.3 Å². The van der Waals surface area contributed by atoms with Crippen molar-refractivity contribution >= 4 is 34.3 Å². The lowest BCUT2D eigenvalue weighted by Gasteiger charge is -2.07. The van der Waals surface area contributed by atoms with Gasteiger partial charge in [-0.05, 0) is 48.5 Å². The van der Waals surface area contributed by atoms with E-state index in [4.69, 9.17) is 20.4 Å². The third-order valence-electron chi connectivity index (χ3n) is 4.04. The second-order valence-electron chi connectivity index (χ2n) is 6.04. The molecule has 4 rings (SSSR count). The maximum Gasteiger partial charge on any atom is 0.450 e. The van der Waals surface area contributed by atoms with Gasteiger partial charge in [0.2, 0.25) is 5.76 Å². The minimum absolute atomic E-state index is 0.131. The van der Waals surface area contributed by atoms with Gasteiger partial charge in [0.1, 0.15) is 5.76 Å². The smallest absolute Gasteiger partial charge is 0.450 e. The maximum atomic E-state index is 13.4. The second-order valence-corrected chi connectivity index (χ2v) is 6.47. The Morgan fingerprint density at radius 3 is 2.45 bits per heavy atom. The predicted molar refractivity (Wildman–Crippen MR) is 98.9 cm³/mol. The van der Waals surface area contributed by atoms with Crippen molar-refractivity contribution in [3.63, 3.8) is 0 Å². The molecule has 6 nitrogen and oxygen atoms in total. The monoisotopic (exact) mass is 422 g/mol. The molecular formula is C19H10ClF3N2O4. The normalized spacial score (nSPS) is 11.7. The fourth-order valence-electron chi connectivity index (χ4n) is 2.75. The van der Waals surface area contributed by atoms with Crippen molar-refractivity contribution in [3.8, 4) is 11.3 Å². The number of anilines is 1. The van der Waals surface area contributed by atoms with Crippen LogP contribution in [0.5, 0.6) is 0 Å². The van der Waals surface area contributed by atoms with Crippen molar-refractivity contribution in [2.24, 2.45) is 0 Å². The number of benzene rings is 2. The molecule has 0 unspecified atom stereocenters. The highest BCUT2D eigenvalue weighted by Crippen LogP contribution is 2.37. The molecule has 0 fully saturated rings. The van der Waals surface area contributed by atoms with Crippen LogP contribution in [-0.2, 0) is 6.18 Å². The van der Waals surface area contributed by atoms with E-state index in [0.29, 0.717) is 10.6 Å². The van der Waals surface area contributed by atoms with E-state index in [2.05, 4.69) is 10.3 Å². The topological polar surface area (TPSA) is 88.2 Å². The second kappa shape index (κ2) is 6.85. The van der Waals surface area contributed by atoms with E-state index in [1.807, 2.05) is 0 Å². The molecule has 0 atom stereocenters. The molecule has 2 N–H and O–H groups in total. The van der Waals surface area contributed by atoms with Gasteiger partial charge in [-0.1, -0.05) is 11.6 Å². The number of carbonyl (C=O) groups excluding carboxylic acids is 1. The lowest BCUT2D eigenvalue weighted by molar-refractivity contribution is -0.153. The summed E-state index contributed by atoms with van der Waals surface area (Å²) in [4.78, 5) is 26.1. The number of halogens is 4. The number of oxazole rings is 1. The molecule has 0 radical (unpaired) electrons. The van der Waals surface area contributed by atoms with Crippen LogP contribution in [0.1, 0.15) is 16.1 Å². The lowest BCUT2D eigenvalue weighted by Crippen LogP contribution is -2.16. The molecular weight excluding hydrogens is 413 g/mol. The fraction of sp³-hybridized carbons (Fsp3) is 0.0526. The molecule has 0 saturated carbocycles. The quantitative estimate of drug-likeness (QED) is 0.468. The summed E-state index contributed by atoms with van der Waals surface area (Å²) in [5, 5.41) is 2.77. The van der Waals surface area contributed by atoms with Crippen LogP contribution in [0.25, 0.3) is 22.4 Å². The molecule has 4 aromatic rings. The molecule has 0 aliphatic heterocycles. The molecule has 29 heavy (non-hydrogen) atoms. The number of alkyl halides is 3. The number of aromatic amines is 1. The Morgan fingerprint density at radius 2 is 1.76 bits per heavy atom. The molecule has 2 aromatic heterocycles. The number of aromatic nitrogens is 1. The summed E-state index contributed by atoms with van der Waals surface area (Å²) in [5.41, 5.74) is 0.358. The third-order valence-corrected chi connectivity index (χ3v) is 4.29. The Labute approximate surface area is 164 Å². The Kier molecular flexibility index (Phi) is 4.46. The molecule has 0 spiro atoms. The number of amides is 1. The van der Waals surface area contributed by atoms with Crippen molar-refractivity contribution in [2.75, 3.05) is 5.32 Å². The first-order valence-electron chi connectivity index (χ1n) is 8.12. The first-order chi connectivity index (χ1) is 13.7. The van der Waals surface area contributed by atoms with E-state index in [9.17, 15) is 22.8 Å². The Hall–Kier alpha value is -3.46.